The van der Waals surface area contributed by atoms with Gasteiger partial charge in [0.2, 0.25) is 11.8 Å². The molecule has 0 bridgehead atoms. The maximum atomic E-state index is 13.1. The molecule has 2 aromatic rings. The van der Waals surface area contributed by atoms with Crippen molar-refractivity contribution in [3.05, 3.63) is 58.7 Å². The second-order valence-electron chi connectivity index (χ2n) is 8.15. The number of fused-ring (bicyclic) bond motifs is 1. The molecule has 4 rings (SSSR count). The van der Waals surface area contributed by atoms with Crippen LogP contribution in [0.5, 0.6) is 0 Å². The van der Waals surface area contributed by atoms with Crippen molar-refractivity contribution in [3.63, 3.8) is 0 Å². The summed E-state index contributed by atoms with van der Waals surface area (Å²) in [7, 11) is 0. The van der Waals surface area contributed by atoms with Gasteiger partial charge in [0.15, 0.2) is 5.82 Å². The van der Waals surface area contributed by atoms with Crippen LogP contribution < -0.4 is 0 Å². The summed E-state index contributed by atoms with van der Waals surface area (Å²) in [5.74, 6) is 0.972. The van der Waals surface area contributed by atoms with Gasteiger partial charge in [-0.3, -0.25) is 9.59 Å². The summed E-state index contributed by atoms with van der Waals surface area (Å²) in [4.78, 5) is 38.0. The van der Waals surface area contributed by atoms with Gasteiger partial charge in [0.05, 0.1) is 18.2 Å². The van der Waals surface area contributed by atoms with Gasteiger partial charge < -0.3 is 9.80 Å². The lowest BCUT2D eigenvalue weighted by Gasteiger charge is -2.35. The topological polar surface area (TPSA) is 66.4 Å². The molecule has 2 amide bonds. The Bertz CT molecular complexity index is 910. The van der Waals surface area contributed by atoms with Crippen molar-refractivity contribution >= 4 is 11.8 Å². The standard InChI is InChI=1S/C23H28N4O2/c1-16-6-8-18(9-7-16)13-22(29)27-11-4-3-5-21(27)23-24-14-19-15-26(17(2)28)12-10-20(19)25-23/h6-9,14,21H,3-5,10-13,15H2,1-2H3/t21-/m1/s1. The van der Waals surface area contributed by atoms with E-state index in [4.69, 9.17) is 4.98 Å². The van der Waals surface area contributed by atoms with Crippen molar-refractivity contribution in [2.45, 2.75) is 58.5 Å². The summed E-state index contributed by atoms with van der Waals surface area (Å²) in [6.07, 6.45) is 6.01. The molecule has 0 saturated carbocycles. The largest absolute Gasteiger partial charge is 0.338 e. The van der Waals surface area contributed by atoms with Crippen molar-refractivity contribution in [2.24, 2.45) is 0 Å². The summed E-state index contributed by atoms with van der Waals surface area (Å²) < 4.78 is 0. The minimum absolute atomic E-state index is 0.0576. The highest BCUT2D eigenvalue weighted by Crippen LogP contribution is 2.30. The van der Waals surface area contributed by atoms with Gasteiger partial charge in [0.1, 0.15) is 0 Å². The summed E-state index contributed by atoms with van der Waals surface area (Å²) in [5.41, 5.74) is 4.27. The molecule has 6 heteroatoms. The van der Waals surface area contributed by atoms with Crippen LogP contribution in [0.15, 0.2) is 30.5 Å². The van der Waals surface area contributed by atoms with Crippen molar-refractivity contribution < 1.29 is 9.59 Å². The lowest BCUT2D eigenvalue weighted by Crippen LogP contribution is -2.40. The highest BCUT2D eigenvalue weighted by Gasteiger charge is 2.31. The lowest BCUT2D eigenvalue weighted by atomic mass is 9.99. The number of carbonyl (C=O) groups is 2. The predicted octanol–water partition coefficient (Wildman–Crippen LogP) is 2.99. The normalized spacial score (nSPS) is 19.0. The Morgan fingerprint density at radius 3 is 2.69 bits per heavy atom. The fraction of sp³-hybridized carbons (Fsp3) is 0.478. The number of nitrogens with zero attached hydrogens (tertiary/aromatic N) is 4. The molecule has 2 aliphatic rings. The highest BCUT2D eigenvalue weighted by molar-refractivity contribution is 5.79. The Morgan fingerprint density at radius 2 is 1.93 bits per heavy atom. The molecular formula is C23H28N4O2. The quantitative estimate of drug-likeness (QED) is 0.805. The number of benzene rings is 1. The molecule has 0 aliphatic carbocycles. The zero-order chi connectivity index (χ0) is 20.4. The molecule has 3 heterocycles. The molecule has 29 heavy (non-hydrogen) atoms. The van der Waals surface area contributed by atoms with Gasteiger partial charge in [0, 0.05) is 44.7 Å². The zero-order valence-electron chi connectivity index (χ0n) is 17.2. The Morgan fingerprint density at radius 1 is 1.14 bits per heavy atom. The van der Waals surface area contributed by atoms with E-state index in [0.29, 0.717) is 19.5 Å². The van der Waals surface area contributed by atoms with Crippen molar-refractivity contribution in [2.75, 3.05) is 13.1 Å². The molecule has 1 atom stereocenters. The van der Waals surface area contributed by atoms with E-state index in [2.05, 4.69) is 11.9 Å². The van der Waals surface area contributed by atoms with Crippen molar-refractivity contribution in [1.29, 1.82) is 0 Å². The first kappa shape index (κ1) is 19.6. The van der Waals surface area contributed by atoms with Gasteiger partial charge in [0.25, 0.3) is 0 Å². The van der Waals surface area contributed by atoms with Crippen LogP contribution >= 0.6 is 0 Å². The van der Waals surface area contributed by atoms with Crippen molar-refractivity contribution in [3.8, 4) is 0 Å². The number of likely N-dealkylation sites (tertiary alicyclic amines) is 1. The molecule has 1 saturated heterocycles. The smallest absolute Gasteiger partial charge is 0.227 e. The van der Waals surface area contributed by atoms with Gasteiger partial charge >= 0.3 is 0 Å². The van der Waals surface area contributed by atoms with Crippen LogP contribution in [0, 0.1) is 6.92 Å². The first-order chi connectivity index (χ1) is 14.0. The Kier molecular flexibility index (Phi) is 5.60. The van der Waals surface area contributed by atoms with E-state index in [1.54, 1.807) is 6.92 Å². The maximum absolute atomic E-state index is 13.1. The maximum Gasteiger partial charge on any atom is 0.227 e. The Labute approximate surface area is 172 Å². The Balaban J connectivity index is 1.52. The second-order valence-corrected chi connectivity index (χ2v) is 8.15. The van der Waals surface area contributed by atoms with Gasteiger partial charge in [-0.25, -0.2) is 9.97 Å². The van der Waals surface area contributed by atoms with Crippen LogP contribution in [-0.2, 0) is 29.0 Å². The number of amides is 2. The van der Waals surface area contributed by atoms with E-state index in [1.807, 2.05) is 40.3 Å². The van der Waals surface area contributed by atoms with Crippen LogP contribution in [0.25, 0.3) is 0 Å². The third kappa shape index (κ3) is 4.31. The molecule has 0 N–H and O–H groups in total. The number of hydrogen-bond acceptors (Lipinski definition) is 4. The average molecular weight is 393 g/mol. The van der Waals surface area contributed by atoms with E-state index >= 15 is 0 Å². The first-order valence-electron chi connectivity index (χ1n) is 10.5. The minimum Gasteiger partial charge on any atom is -0.338 e. The van der Waals surface area contributed by atoms with Gasteiger partial charge in [-0.05, 0) is 31.7 Å². The van der Waals surface area contributed by atoms with Gasteiger partial charge in [-0.15, -0.1) is 0 Å². The number of rotatable bonds is 3. The van der Waals surface area contributed by atoms with Crippen LogP contribution in [0.3, 0.4) is 0 Å². The van der Waals surface area contributed by atoms with E-state index in [9.17, 15) is 9.59 Å². The van der Waals surface area contributed by atoms with E-state index in [-0.39, 0.29) is 17.9 Å². The third-order valence-corrected chi connectivity index (χ3v) is 6.00. The molecular weight excluding hydrogens is 364 g/mol. The summed E-state index contributed by atoms with van der Waals surface area (Å²) in [5, 5.41) is 0. The monoisotopic (exact) mass is 392 g/mol. The van der Waals surface area contributed by atoms with Gasteiger partial charge in [-0.1, -0.05) is 29.8 Å². The molecule has 2 aliphatic heterocycles. The molecule has 0 unspecified atom stereocenters. The van der Waals surface area contributed by atoms with E-state index in [1.165, 1.54) is 5.56 Å². The predicted molar refractivity (Wildman–Crippen MR) is 110 cm³/mol. The number of carbonyl (C=O) groups excluding carboxylic acids is 2. The van der Waals surface area contributed by atoms with E-state index in [0.717, 1.165) is 54.9 Å². The molecule has 0 radical (unpaired) electrons. The average Bonchev–Trinajstić information content (AvgIpc) is 2.74. The number of aryl methyl sites for hydroxylation is 1. The Hall–Kier alpha value is -2.76. The molecule has 1 aromatic carbocycles. The van der Waals surface area contributed by atoms with Crippen LogP contribution in [0.2, 0.25) is 0 Å². The van der Waals surface area contributed by atoms with Crippen LogP contribution in [-0.4, -0.2) is 44.7 Å². The molecule has 0 spiro atoms. The van der Waals surface area contributed by atoms with Crippen molar-refractivity contribution in [1.82, 2.24) is 19.8 Å². The van der Waals surface area contributed by atoms with Gasteiger partial charge in [-0.2, -0.15) is 0 Å². The SMILES string of the molecule is CC(=O)N1CCc2nc([C@H]3CCCCN3C(=O)Cc3ccc(C)cc3)ncc2C1. The second kappa shape index (κ2) is 8.31. The third-order valence-electron chi connectivity index (χ3n) is 6.00. The molecule has 1 aromatic heterocycles. The molecule has 6 nitrogen and oxygen atoms in total. The first-order valence-corrected chi connectivity index (χ1v) is 10.5. The summed E-state index contributed by atoms with van der Waals surface area (Å²) in [6, 6.07) is 8.10. The molecule has 152 valence electrons. The summed E-state index contributed by atoms with van der Waals surface area (Å²) in [6.45, 7) is 5.67. The van der Waals surface area contributed by atoms with E-state index < -0.39 is 0 Å². The molecule has 1 fully saturated rings. The van der Waals surface area contributed by atoms with Crippen LogP contribution in [0.1, 0.15) is 60.4 Å². The van der Waals surface area contributed by atoms with Crippen LogP contribution in [0.4, 0.5) is 0 Å². The fourth-order valence-corrected chi connectivity index (χ4v) is 4.24. The number of aromatic nitrogens is 2. The highest BCUT2D eigenvalue weighted by atomic mass is 16.2. The minimum atomic E-state index is -0.0576. The lowest BCUT2D eigenvalue weighted by molar-refractivity contribution is -0.134. The zero-order valence-corrected chi connectivity index (χ0v) is 17.2. The number of piperidine rings is 1. The summed E-state index contributed by atoms with van der Waals surface area (Å²) >= 11 is 0. The fourth-order valence-electron chi connectivity index (χ4n) is 4.24. The number of hydrogen-bond donors (Lipinski definition) is 0.